The van der Waals surface area contributed by atoms with Gasteiger partial charge in [-0.25, -0.2) is 0 Å². The monoisotopic (exact) mass is 284 g/mol. The van der Waals surface area contributed by atoms with Crippen molar-refractivity contribution in [2.75, 3.05) is 5.32 Å². The molecule has 1 aromatic heterocycles. The summed E-state index contributed by atoms with van der Waals surface area (Å²) in [5.74, 6) is -0.168. The summed E-state index contributed by atoms with van der Waals surface area (Å²) in [7, 11) is 0. The summed E-state index contributed by atoms with van der Waals surface area (Å²) in [6.45, 7) is 1.96. The highest BCUT2D eigenvalue weighted by molar-refractivity contribution is 6.34. The Balaban J connectivity index is 1.88. The number of benzene rings is 2. The topological polar surface area (TPSA) is 44.9 Å². The quantitative estimate of drug-likeness (QED) is 0.720. The maximum Gasteiger partial charge on any atom is 0.255 e. The Morgan fingerprint density at radius 3 is 2.80 bits per heavy atom. The van der Waals surface area contributed by atoms with Crippen LogP contribution in [0.15, 0.2) is 48.7 Å². The smallest absolute Gasteiger partial charge is 0.255 e. The second-order valence-corrected chi connectivity index (χ2v) is 5.12. The first-order valence-electron chi connectivity index (χ1n) is 6.28. The van der Waals surface area contributed by atoms with Gasteiger partial charge in [-0.15, -0.1) is 0 Å². The lowest BCUT2D eigenvalue weighted by Gasteiger charge is -2.08. The van der Waals surface area contributed by atoms with Crippen molar-refractivity contribution >= 4 is 34.1 Å². The molecule has 3 nitrogen and oxygen atoms in total. The van der Waals surface area contributed by atoms with Crippen LogP contribution < -0.4 is 5.32 Å². The fraction of sp³-hybridized carbons (Fsp3) is 0.0625. The van der Waals surface area contributed by atoms with Gasteiger partial charge in [0.25, 0.3) is 5.91 Å². The van der Waals surface area contributed by atoms with Crippen LogP contribution in [0.3, 0.4) is 0 Å². The number of hydrogen-bond donors (Lipinski definition) is 2. The van der Waals surface area contributed by atoms with Crippen molar-refractivity contribution in [2.24, 2.45) is 0 Å². The zero-order chi connectivity index (χ0) is 14.1. The van der Waals surface area contributed by atoms with E-state index >= 15 is 0 Å². The molecule has 0 radical (unpaired) electrons. The van der Waals surface area contributed by atoms with Gasteiger partial charge in [0.1, 0.15) is 0 Å². The van der Waals surface area contributed by atoms with E-state index in [0.29, 0.717) is 16.3 Å². The van der Waals surface area contributed by atoms with Crippen LogP contribution in [-0.4, -0.2) is 10.9 Å². The zero-order valence-electron chi connectivity index (χ0n) is 10.9. The predicted molar refractivity (Wildman–Crippen MR) is 82.4 cm³/mol. The molecule has 4 heteroatoms. The van der Waals surface area contributed by atoms with Gasteiger partial charge in [0, 0.05) is 22.7 Å². The number of hydrogen-bond acceptors (Lipinski definition) is 1. The summed E-state index contributed by atoms with van der Waals surface area (Å²) in [5.41, 5.74) is 3.29. The van der Waals surface area contributed by atoms with E-state index in [2.05, 4.69) is 10.3 Å². The number of carbonyl (C=O) groups is 1. The third kappa shape index (κ3) is 2.40. The molecule has 0 atom stereocenters. The van der Waals surface area contributed by atoms with Gasteiger partial charge in [-0.1, -0.05) is 17.7 Å². The summed E-state index contributed by atoms with van der Waals surface area (Å²) >= 11 is 6.12. The van der Waals surface area contributed by atoms with Gasteiger partial charge in [-0.3, -0.25) is 4.79 Å². The molecule has 0 unspecified atom stereocenters. The largest absolute Gasteiger partial charge is 0.361 e. The molecule has 2 aromatic carbocycles. The molecule has 0 bridgehead atoms. The maximum atomic E-state index is 12.2. The minimum atomic E-state index is -0.168. The average molecular weight is 285 g/mol. The number of H-pyrrole nitrogens is 1. The van der Waals surface area contributed by atoms with Crippen LogP contribution in [0.5, 0.6) is 0 Å². The van der Waals surface area contributed by atoms with Crippen LogP contribution >= 0.6 is 11.6 Å². The first-order valence-corrected chi connectivity index (χ1v) is 6.66. The summed E-state index contributed by atoms with van der Waals surface area (Å²) in [5, 5.41) is 4.38. The molecule has 2 N–H and O–H groups in total. The van der Waals surface area contributed by atoms with E-state index in [4.69, 9.17) is 11.6 Å². The van der Waals surface area contributed by atoms with Gasteiger partial charge in [0.2, 0.25) is 0 Å². The summed E-state index contributed by atoms with van der Waals surface area (Å²) in [6.07, 6.45) is 1.85. The molecule has 1 heterocycles. The van der Waals surface area contributed by atoms with Crippen molar-refractivity contribution in [3.63, 3.8) is 0 Å². The molecule has 100 valence electrons. The van der Waals surface area contributed by atoms with Gasteiger partial charge in [-0.2, -0.15) is 0 Å². The van der Waals surface area contributed by atoms with Crippen LogP contribution in [0, 0.1) is 6.92 Å². The first kappa shape index (κ1) is 12.8. The number of fused-ring (bicyclic) bond motifs is 1. The Morgan fingerprint density at radius 2 is 2.00 bits per heavy atom. The first-order chi connectivity index (χ1) is 9.63. The highest BCUT2D eigenvalue weighted by Crippen LogP contribution is 2.23. The normalized spacial score (nSPS) is 10.7. The third-order valence-electron chi connectivity index (χ3n) is 3.19. The molecule has 0 saturated heterocycles. The highest BCUT2D eigenvalue weighted by atomic mass is 35.5. The molecule has 0 aliphatic heterocycles. The summed E-state index contributed by atoms with van der Waals surface area (Å²) < 4.78 is 0. The highest BCUT2D eigenvalue weighted by Gasteiger charge is 2.09. The Hall–Kier alpha value is -2.26. The van der Waals surface area contributed by atoms with Crippen LogP contribution in [0.1, 0.15) is 15.9 Å². The minimum Gasteiger partial charge on any atom is -0.361 e. The number of aryl methyl sites for hydroxylation is 1. The molecular weight excluding hydrogens is 272 g/mol. The van der Waals surface area contributed by atoms with Crippen molar-refractivity contribution in [3.05, 3.63) is 64.8 Å². The van der Waals surface area contributed by atoms with Gasteiger partial charge in [-0.05, 0) is 48.9 Å². The molecule has 20 heavy (non-hydrogen) atoms. The number of halogens is 1. The standard InChI is InChI=1S/C16H13ClN2O/c1-10-2-4-15(13(17)8-10)19-16(20)12-3-5-14-11(9-12)6-7-18-14/h2-9,18H,1H3,(H,19,20). The van der Waals surface area contributed by atoms with E-state index in [9.17, 15) is 4.79 Å². The van der Waals surface area contributed by atoms with Gasteiger partial charge >= 0.3 is 0 Å². The Labute approximate surface area is 121 Å². The number of amides is 1. The summed E-state index contributed by atoms with van der Waals surface area (Å²) in [4.78, 5) is 15.3. The van der Waals surface area contributed by atoms with Gasteiger partial charge < -0.3 is 10.3 Å². The summed E-state index contributed by atoms with van der Waals surface area (Å²) in [6, 6.07) is 13.0. The van der Waals surface area contributed by atoms with Crippen LogP contribution in [-0.2, 0) is 0 Å². The number of aromatic nitrogens is 1. The SMILES string of the molecule is Cc1ccc(NC(=O)c2ccc3[nH]ccc3c2)c(Cl)c1. The number of aromatic amines is 1. The van der Waals surface area contributed by atoms with Crippen molar-refractivity contribution in [1.82, 2.24) is 4.98 Å². The average Bonchev–Trinajstić information content (AvgIpc) is 2.89. The van der Waals surface area contributed by atoms with Gasteiger partial charge in [0.15, 0.2) is 0 Å². The van der Waals surface area contributed by atoms with Crippen molar-refractivity contribution in [1.29, 1.82) is 0 Å². The number of rotatable bonds is 2. The predicted octanol–water partition coefficient (Wildman–Crippen LogP) is 4.38. The van der Waals surface area contributed by atoms with Crippen molar-refractivity contribution in [2.45, 2.75) is 6.92 Å². The molecule has 0 aliphatic rings. The van der Waals surface area contributed by atoms with E-state index in [1.54, 1.807) is 6.07 Å². The lowest BCUT2D eigenvalue weighted by atomic mass is 10.1. The van der Waals surface area contributed by atoms with Crippen LogP contribution in [0.25, 0.3) is 10.9 Å². The molecule has 1 amide bonds. The van der Waals surface area contributed by atoms with E-state index in [1.165, 1.54) is 0 Å². The molecule has 0 aliphatic carbocycles. The molecule has 3 rings (SSSR count). The Morgan fingerprint density at radius 1 is 1.15 bits per heavy atom. The lowest BCUT2D eigenvalue weighted by Crippen LogP contribution is -2.12. The molecular formula is C16H13ClN2O. The molecule has 0 fully saturated rings. The van der Waals surface area contributed by atoms with E-state index in [-0.39, 0.29) is 5.91 Å². The zero-order valence-corrected chi connectivity index (χ0v) is 11.7. The number of anilines is 1. The van der Waals surface area contributed by atoms with E-state index in [1.807, 2.05) is 49.5 Å². The molecule has 0 spiro atoms. The van der Waals surface area contributed by atoms with Crippen molar-refractivity contribution < 1.29 is 4.79 Å². The second kappa shape index (κ2) is 5.02. The fourth-order valence-corrected chi connectivity index (χ4v) is 2.39. The number of carbonyl (C=O) groups excluding carboxylic acids is 1. The second-order valence-electron chi connectivity index (χ2n) is 4.72. The van der Waals surface area contributed by atoms with E-state index < -0.39 is 0 Å². The van der Waals surface area contributed by atoms with Crippen LogP contribution in [0.2, 0.25) is 5.02 Å². The Bertz CT molecular complexity index is 792. The Kier molecular flexibility index (Phi) is 3.20. The van der Waals surface area contributed by atoms with Gasteiger partial charge in [0.05, 0.1) is 10.7 Å². The fourth-order valence-electron chi connectivity index (χ4n) is 2.11. The van der Waals surface area contributed by atoms with Crippen LogP contribution in [0.4, 0.5) is 5.69 Å². The number of nitrogens with one attached hydrogen (secondary N) is 2. The van der Waals surface area contributed by atoms with E-state index in [0.717, 1.165) is 16.5 Å². The third-order valence-corrected chi connectivity index (χ3v) is 3.50. The molecule has 0 saturated carbocycles. The van der Waals surface area contributed by atoms with Crippen molar-refractivity contribution in [3.8, 4) is 0 Å². The maximum absolute atomic E-state index is 12.2. The molecule has 3 aromatic rings. The minimum absolute atomic E-state index is 0.168. The lowest BCUT2D eigenvalue weighted by molar-refractivity contribution is 0.102.